The molecule has 3 aromatic carbocycles. The van der Waals surface area contributed by atoms with Crippen LogP contribution in [0.3, 0.4) is 0 Å². The number of nitrogens with one attached hydrogen (secondary N) is 1. The molecule has 4 rings (SSSR count). The number of carbonyl (C=O) groups is 2. The van der Waals surface area contributed by atoms with Gasteiger partial charge in [-0.1, -0.05) is 48.5 Å². The summed E-state index contributed by atoms with van der Waals surface area (Å²) >= 11 is 0. The van der Waals surface area contributed by atoms with E-state index in [0.29, 0.717) is 5.75 Å². The van der Waals surface area contributed by atoms with Gasteiger partial charge >= 0.3 is 12.1 Å². The van der Waals surface area contributed by atoms with Crippen LogP contribution in [0.5, 0.6) is 5.75 Å². The Morgan fingerprint density at radius 2 is 1.59 bits per heavy atom. The summed E-state index contributed by atoms with van der Waals surface area (Å²) in [5.74, 6) is -0.846. The van der Waals surface area contributed by atoms with Crippen molar-refractivity contribution in [3.05, 3.63) is 83.4 Å². The Hall–Kier alpha value is -3.80. The lowest BCUT2D eigenvalue weighted by atomic mass is 9.98. The number of methoxy groups -OCH3 is 1. The minimum absolute atomic E-state index is 0.0667. The minimum atomic E-state index is -1.17. The average Bonchev–Trinajstić information content (AvgIpc) is 3.06. The van der Waals surface area contributed by atoms with Gasteiger partial charge in [0.15, 0.2) is 0 Å². The highest BCUT2D eigenvalue weighted by Crippen LogP contribution is 2.44. The van der Waals surface area contributed by atoms with E-state index in [-0.39, 0.29) is 23.8 Å². The Labute approximate surface area is 167 Å². The summed E-state index contributed by atoms with van der Waals surface area (Å²) in [5, 5.41) is 11.9. The molecule has 0 atom stereocenters. The van der Waals surface area contributed by atoms with Gasteiger partial charge in [0, 0.05) is 5.92 Å². The van der Waals surface area contributed by atoms with E-state index in [4.69, 9.17) is 9.47 Å². The number of carboxylic acids is 1. The molecule has 146 valence electrons. The Balaban J connectivity index is 1.51. The third-order valence-corrected chi connectivity index (χ3v) is 5.04. The molecule has 0 unspecified atom stereocenters. The number of anilines is 1. The van der Waals surface area contributed by atoms with Crippen molar-refractivity contribution in [2.75, 3.05) is 19.0 Å². The smallest absolute Gasteiger partial charge is 0.411 e. The van der Waals surface area contributed by atoms with Gasteiger partial charge in [0.25, 0.3) is 0 Å². The zero-order chi connectivity index (χ0) is 20.4. The highest BCUT2D eigenvalue weighted by Gasteiger charge is 2.29. The van der Waals surface area contributed by atoms with Gasteiger partial charge in [-0.25, -0.2) is 9.59 Å². The summed E-state index contributed by atoms with van der Waals surface area (Å²) in [6.07, 6.45) is -0.709. The van der Waals surface area contributed by atoms with Crippen LogP contribution in [0.2, 0.25) is 0 Å². The molecule has 6 heteroatoms. The van der Waals surface area contributed by atoms with Crippen LogP contribution in [0.4, 0.5) is 10.5 Å². The zero-order valence-corrected chi connectivity index (χ0v) is 15.7. The van der Waals surface area contributed by atoms with E-state index in [1.165, 1.54) is 19.2 Å². The van der Waals surface area contributed by atoms with Crippen molar-refractivity contribution in [3.63, 3.8) is 0 Å². The topological polar surface area (TPSA) is 84.9 Å². The molecular formula is C23H19NO5. The quantitative estimate of drug-likeness (QED) is 0.658. The lowest BCUT2D eigenvalue weighted by Crippen LogP contribution is -2.19. The molecule has 0 aliphatic heterocycles. The minimum Gasteiger partial charge on any atom is -0.497 e. The van der Waals surface area contributed by atoms with Crippen LogP contribution in [0, 0.1) is 0 Å². The van der Waals surface area contributed by atoms with Crippen LogP contribution in [0.15, 0.2) is 66.7 Å². The molecule has 0 fully saturated rings. The first-order chi connectivity index (χ1) is 14.1. The predicted molar refractivity (Wildman–Crippen MR) is 109 cm³/mol. The summed E-state index contributed by atoms with van der Waals surface area (Å²) < 4.78 is 10.5. The number of aromatic carboxylic acids is 1. The van der Waals surface area contributed by atoms with Crippen molar-refractivity contribution in [3.8, 4) is 16.9 Å². The largest absolute Gasteiger partial charge is 0.497 e. The summed E-state index contributed by atoms with van der Waals surface area (Å²) in [6.45, 7) is 0.151. The molecular weight excluding hydrogens is 370 g/mol. The molecule has 1 amide bonds. The number of rotatable bonds is 5. The van der Waals surface area contributed by atoms with Crippen LogP contribution < -0.4 is 10.1 Å². The SMILES string of the molecule is COc1ccc(NC(=O)OCC2c3ccccc3-c3ccccc32)c(C(=O)O)c1. The second-order valence-corrected chi connectivity index (χ2v) is 6.67. The van der Waals surface area contributed by atoms with Crippen molar-refractivity contribution < 1.29 is 24.2 Å². The standard InChI is InChI=1S/C23H19NO5/c1-28-14-10-11-21(19(12-14)22(25)26)24-23(27)29-13-20-17-8-4-2-6-15(17)16-7-3-5-9-18(16)20/h2-12,20H,13H2,1H3,(H,24,27)(H,25,26). The highest BCUT2D eigenvalue weighted by atomic mass is 16.5. The van der Waals surface area contributed by atoms with Crippen molar-refractivity contribution >= 4 is 17.7 Å². The van der Waals surface area contributed by atoms with Gasteiger partial charge in [0.1, 0.15) is 12.4 Å². The zero-order valence-electron chi connectivity index (χ0n) is 15.7. The fourth-order valence-electron chi connectivity index (χ4n) is 3.68. The van der Waals surface area contributed by atoms with Crippen LogP contribution in [-0.2, 0) is 4.74 Å². The van der Waals surface area contributed by atoms with E-state index < -0.39 is 12.1 Å². The molecule has 0 aromatic heterocycles. The molecule has 0 saturated heterocycles. The average molecular weight is 389 g/mol. The summed E-state index contributed by atoms with van der Waals surface area (Å²) in [4.78, 5) is 23.8. The molecule has 0 radical (unpaired) electrons. The third-order valence-electron chi connectivity index (χ3n) is 5.04. The number of carbonyl (C=O) groups excluding carboxylic acids is 1. The molecule has 1 aliphatic carbocycles. The number of ether oxygens (including phenoxy) is 2. The summed E-state index contributed by atoms with van der Waals surface area (Å²) in [6, 6.07) is 20.5. The van der Waals surface area contributed by atoms with E-state index in [9.17, 15) is 14.7 Å². The molecule has 2 N–H and O–H groups in total. The van der Waals surface area contributed by atoms with E-state index in [2.05, 4.69) is 17.4 Å². The van der Waals surface area contributed by atoms with E-state index >= 15 is 0 Å². The highest BCUT2D eigenvalue weighted by molar-refractivity contribution is 5.99. The normalized spacial score (nSPS) is 12.0. The molecule has 3 aromatic rings. The number of carboxylic acid groups (broad SMARTS) is 1. The Kier molecular flexibility index (Phi) is 4.91. The first-order valence-corrected chi connectivity index (χ1v) is 9.12. The molecule has 0 saturated carbocycles. The fraction of sp³-hybridized carbons (Fsp3) is 0.130. The Morgan fingerprint density at radius 1 is 0.966 bits per heavy atom. The molecule has 0 spiro atoms. The second-order valence-electron chi connectivity index (χ2n) is 6.67. The number of hydrogen-bond donors (Lipinski definition) is 2. The van der Waals surface area contributed by atoms with Crippen molar-refractivity contribution in [1.82, 2.24) is 0 Å². The lowest BCUT2D eigenvalue weighted by Gasteiger charge is -2.15. The maximum absolute atomic E-state index is 12.4. The molecule has 6 nitrogen and oxygen atoms in total. The summed E-state index contributed by atoms with van der Waals surface area (Å²) in [7, 11) is 1.44. The lowest BCUT2D eigenvalue weighted by molar-refractivity contribution is 0.0697. The molecule has 0 heterocycles. The number of fused-ring (bicyclic) bond motifs is 3. The van der Waals surface area contributed by atoms with E-state index in [1.807, 2.05) is 36.4 Å². The van der Waals surface area contributed by atoms with Gasteiger partial charge in [0.05, 0.1) is 18.4 Å². The molecule has 0 bridgehead atoms. The maximum Gasteiger partial charge on any atom is 0.411 e. The first-order valence-electron chi connectivity index (χ1n) is 9.12. The summed E-state index contributed by atoms with van der Waals surface area (Å²) in [5.41, 5.74) is 4.57. The molecule has 29 heavy (non-hydrogen) atoms. The monoisotopic (exact) mass is 389 g/mol. The molecule has 1 aliphatic rings. The predicted octanol–water partition coefficient (Wildman–Crippen LogP) is 4.75. The van der Waals surface area contributed by atoms with Crippen LogP contribution in [-0.4, -0.2) is 30.9 Å². The van der Waals surface area contributed by atoms with Crippen molar-refractivity contribution in [2.24, 2.45) is 0 Å². The number of amides is 1. The van der Waals surface area contributed by atoms with Crippen LogP contribution in [0.25, 0.3) is 11.1 Å². The number of benzene rings is 3. The van der Waals surface area contributed by atoms with Gasteiger partial charge in [-0.15, -0.1) is 0 Å². The second kappa shape index (κ2) is 7.67. The Morgan fingerprint density at radius 3 is 2.17 bits per heavy atom. The van der Waals surface area contributed by atoms with Gasteiger partial charge in [-0.2, -0.15) is 0 Å². The van der Waals surface area contributed by atoms with E-state index in [0.717, 1.165) is 22.3 Å². The first kappa shape index (κ1) is 18.6. The fourth-order valence-corrected chi connectivity index (χ4v) is 3.68. The third kappa shape index (κ3) is 3.52. The van der Waals surface area contributed by atoms with Crippen LogP contribution in [0.1, 0.15) is 27.4 Å². The van der Waals surface area contributed by atoms with Gasteiger partial charge < -0.3 is 14.6 Å². The van der Waals surface area contributed by atoms with Gasteiger partial charge in [-0.05, 0) is 40.5 Å². The van der Waals surface area contributed by atoms with E-state index in [1.54, 1.807) is 6.07 Å². The van der Waals surface area contributed by atoms with Crippen LogP contribution >= 0.6 is 0 Å². The van der Waals surface area contributed by atoms with Crippen molar-refractivity contribution in [2.45, 2.75) is 5.92 Å². The van der Waals surface area contributed by atoms with Crippen molar-refractivity contribution in [1.29, 1.82) is 0 Å². The Bertz CT molecular complexity index is 1050. The number of hydrogen-bond acceptors (Lipinski definition) is 4. The van der Waals surface area contributed by atoms with Gasteiger partial charge in [-0.3, -0.25) is 5.32 Å². The van der Waals surface area contributed by atoms with Gasteiger partial charge in [0.2, 0.25) is 0 Å². The maximum atomic E-state index is 12.4.